The van der Waals surface area contributed by atoms with Crippen LogP contribution in [0.1, 0.15) is 18.4 Å². The van der Waals surface area contributed by atoms with Crippen molar-refractivity contribution >= 4 is 32.5 Å². The molecule has 1 amide bonds. The maximum absolute atomic E-state index is 12.2. The number of nitrogens with zero attached hydrogens (tertiary/aromatic N) is 1. The Morgan fingerprint density at radius 2 is 1.73 bits per heavy atom. The molecule has 3 aromatic rings. The highest BCUT2D eigenvalue weighted by atomic mass is 32.2. The smallest absolute Gasteiger partial charge is 0.269 e. The molecular formula is C20H22N4O5S. The summed E-state index contributed by atoms with van der Waals surface area (Å²) < 4.78 is 26.8. The second-order valence-electron chi connectivity index (χ2n) is 6.74. The van der Waals surface area contributed by atoms with Crippen molar-refractivity contribution in [1.29, 1.82) is 0 Å². The predicted molar refractivity (Wildman–Crippen MR) is 113 cm³/mol. The topological polar surface area (TPSA) is 134 Å². The van der Waals surface area contributed by atoms with Crippen LogP contribution in [-0.2, 0) is 21.2 Å². The Morgan fingerprint density at radius 1 is 1.03 bits per heavy atom. The molecule has 158 valence electrons. The zero-order valence-electron chi connectivity index (χ0n) is 16.1. The maximum Gasteiger partial charge on any atom is 0.269 e. The summed E-state index contributed by atoms with van der Waals surface area (Å²) in [5, 5.41) is 14.5. The van der Waals surface area contributed by atoms with Crippen LogP contribution in [0.25, 0.3) is 10.9 Å². The van der Waals surface area contributed by atoms with E-state index in [9.17, 15) is 23.3 Å². The number of aromatic amines is 1. The quantitative estimate of drug-likeness (QED) is 0.258. The first kappa shape index (κ1) is 21.5. The molecule has 0 bridgehead atoms. The Morgan fingerprint density at radius 3 is 2.47 bits per heavy atom. The lowest BCUT2D eigenvalue weighted by atomic mass is 10.1. The van der Waals surface area contributed by atoms with E-state index >= 15 is 0 Å². The van der Waals surface area contributed by atoms with Gasteiger partial charge in [-0.05, 0) is 36.6 Å². The van der Waals surface area contributed by atoms with Crippen LogP contribution in [0.3, 0.4) is 0 Å². The summed E-state index contributed by atoms with van der Waals surface area (Å²) in [7, 11) is -3.72. The number of fused-ring (bicyclic) bond motifs is 1. The Bertz CT molecular complexity index is 1140. The molecular weight excluding hydrogens is 408 g/mol. The van der Waals surface area contributed by atoms with Crippen LogP contribution in [-0.4, -0.2) is 37.3 Å². The molecule has 9 nitrogen and oxygen atoms in total. The van der Waals surface area contributed by atoms with Gasteiger partial charge in [-0.1, -0.05) is 18.2 Å². The molecule has 3 rings (SSSR count). The molecule has 0 aliphatic carbocycles. The number of unbranched alkanes of at least 4 members (excludes halogenated alkanes) is 1. The standard InChI is InChI=1S/C20H22N4O5S/c25-20(13-15-14-22-19-6-2-1-5-18(15)19)21-11-3-4-12-23-30(28,29)17-9-7-16(8-10-17)24(26)27/h1-2,5-10,14,22-23H,3-4,11-13H2,(H,21,25). The number of rotatable bonds is 10. The second kappa shape index (κ2) is 9.51. The molecule has 0 aliphatic rings. The van der Waals surface area contributed by atoms with E-state index < -0.39 is 14.9 Å². The van der Waals surface area contributed by atoms with E-state index in [-0.39, 0.29) is 29.5 Å². The summed E-state index contributed by atoms with van der Waals surface area (Å²) in [5.41, 5.74) is 1.75. The van der Waals surface area contributed by atoms with Crippen LogP contribution in [0, 0.1) is 10.1 Å². The van der Waals surface area contributed by atoms with E-state index in [1.54, 1.807) is 0 Å². The van der Waals surface area contributed by atoms with Crippen molar-refractivity contribution in [3.05, 3.63) is 70.4 Å². The number of hydrogen-bond donors (Lipinski definition) is 3. The molecule has 10 heteroatoms. The molecule has 0 saturated heterocycles. The number of para-hydroxylation sites is 1. The summed E-state index contributed by atoms with van der Waals surface area (Å²) in [4.78, 5) is 25.3. The Balaban J connectivity index is 1.37. The minimum absolute atomic E-state index is 0.0277. The number of carbonyl (C=O) groups excluding carboxylic acids is 1. The van der Waals surface area contributed by atoms with Crippen LogP contribution < -0.4 is 10.0 Å². The number of non-ortho nitro benzene ring substituents is 1. The highest BCUT2D eigenvalue weighted by molar-refractivity contribution is 7.89. The van der Waals surface area contributed by atoms with Gasteiger partial charge < -0.3 is 10.3 Å². The van der Waals surface area contributed by atoms with Gasteiger partial charge in [0, 0.05) is 42.3 Å². The van der Waals surface area contributed by atoms with Gasteiger partial charge in [0.05, 0.1) is 16.2 Å². The zero-order chi connectivity index (χ0) is 21.6. The number of H-pyrrole nitrogens is 1. The van der Waals surface area contributed by atoms with Gasteiger partial charge in [-0.15, -0.1) is 0 Å². The van der Waals surface area contributed by atoms with E-state index in [4.69, 9.17) is 0 Å². The molecule has 0 spiro atoms. The molecule has 1 aromatic heterocycles. The van der Waals surface area contributed by atoms with Crippen LogP contribution in [0.4, 0.5) is 5.69 Å². The fraction of sp³-hybridized carbons (Fsp3) is 0.250. The van der Waals surface area contributed by atoms with Crippen LogP contribution in [0.15, 0.2) is 59.6 Å². The average Bonchev–Trinajstić information content (AvgIpc) is 3.13. The minimum Gasteiger partial charge on any atom is -0.361 e. The van der Waals surface area contributed by atoms with Gasteiger partial charge in [0.1, 0.15) is 0 Å². The average molecular weight is 430 g/mol. The van der Waals surface area contributed by atoms with Gasteiger partial charge in [0.2, 0.25) is 15.9 Å². The lowest BCUT2D eigenvalue weighted by Gasteiger charge is -2.07. The van der Waals surface area contributed by atoms with E-state index in [1.807, 2.05) is 30.5 Å². The first-order chi connectivity index (χ1) is 14.4. The molecule has 0 aliphatic heterocycles. The number of aromatic nitrogens is 1. The summed E-state index contributed by atoms with van der Waals surface area (Å²) in [6.45, 7) is 0.651. The van der Waals surface area contributed by atoms with Gasteiger partial charge in [-0.3, -0.25) is 14.9 Å². The van der Waals surface area contributed by atoms with E-state index in [0.717, 1.165) is 28.6 Å². The van der Waals surface area contributed by atoms with Crippen molar-refractivity contribution in [2.24, 2.45) is 0 Å². The summed E-state index contributed by atoms with van der Waals surface area (Å²) >= 11 is 0. The third-order valence-corrected chi connectivity index (χ3v) is 6.08. The van der Waals surface area contributed by atoms with Gasteiger partial charge in [0.25, 0.3) is 5.69 Å². The van der Waals surface area contributed by atoms with Gasteiger partial charge in [-0.2, -0.15) is 0 Å². The van der Waals surface area contributed by atoms with Crippen molar-refractivity contribution < 1.29 is 18.1 Å². The van der Waals surface area contributed by atoms with Crippen LogP contribution in [0.2, 0.25) is 0 Å². The van der Waals surface area contributed by atoms with Gasteiger partial charge in [-0.25, -0.2) is 13.1 Å². The predicted octanol–water partition coefficient (Wildman–Crippen LogP) is 2.49. The summed E-state index contributed by atoms with van der Waals surface area (Å²) in [6.07, 6.45) is 3.26. The van der Waals surface area contributed by atoms with Crippen molar-refractivity contribution in [2.45, 2.75) is 24.2 Å². The maximum atomic E-state index is 12.2. The SMILES string of the molecule is O=C(Cc1c[nH]c2ccccc12)NCCCCNS(=O)(=O)c1ccc([N+](=O)[O-])cc1. The van der Waals surface area contributed by atoms with E-state index in [0.29, 0.717) is 19.4 Å². The number of carbonyl (C=O) groups is 1. The molecule has 0 saturated carbocycles. The Kier molecular flexibility index (Phi) is 6.80. The zero-order valence-corrected chi connectivity index (χ0v) is 16.9. The number of hydrogen-bond acceptors (Lipinski definition) is 5. The Labute approximate surface area is 173 Å². The lowest BCUT2D eigenvalue weighted by Crippen LogP contribution is -2.28. The fourth-order valence-corrected chi connectivity index (χ4v) is 4.10. The van der Waals surface area contributed by atoms with E-state index in [2.05, 4.69) is 15.0 Å². The molecule has 0 radical (unpaired) electrons. The van der Waals surface area contributed by atoms with E-state index in [1.165, 1.54) is 12.1 Å². The number of nitrogens with one attached hydrogen (secondary N) is 3. The van der Waals surface area contributed by atoms with Crippen LogP contribution >= 0.6 is 0 Å². The molecule has 0 unspecified atom stereocenters. The molecule has 1 heterocycles. The first-order valence-electron chi connectivity index (χ1n) is 9.42. The molecule has 0 atom stereocenters. The van der Waals surface area contributed by atoms with Crippen LogP contribution in [0.5, 0.6) is 0 Å². The van der Waals surface area contributed by atoms with Crippen molar-refractivity contribution in [3.63, 3.8) is 0 Å². The summed E-state index contributed by atoms with van der Waals surface area (Å²) in [5.74, 6) is -0.0915. The summed E-state index contributed by atoms with van der Waals surface area (Å²) in [6, 6.07) is 12.5. The first-order valence-corrected chi connectivity index (χ1v) is 10.9. The third kappa shape index (κ3) is 5.43. The molecule has 2 aromatic carbocycles. The Hall–Kier alpha value is -3.24. The molecule has 30 heavy (non-hydrogen) atoms. The van der Waals surface area contributed by atoms with Crippen molar-refractivity contribution in [3.8, 4) is 0 Å². The largest absolute Gasteiger partial charge is 0.361 e. The number of sulfonamides is 1. The fourth-order valence-electron chi connectivity index (χ4n) is 3.03. The minimum atomic E-state index is -3.72. The molecule has 0 fully saturated rings. The molecule has 3 N–H and O–H groups in total. The lowest BCUT2D eigenvalue weighted by molar-refractivity contribution is -0.384. The van der Waals surface area contributed by atoms with Crippen molar-refractivity contribution in [2.75, 3.05) is 13.1 Å². The number of benzene rings is 2. The highest BCUT2D eigenvalue weighted by Crippen LogP contribution is 2.18. The number of nitro benzene ring substituents is 1. The monoisotopic (exact) mass is 430 g/mol. The highest BCUT2D eigenvalue weighted by Gasteiger charge is 2.15. The van der Waals surface area contributed by atoms with Gasteiger partial charge >= 0.3 is 0 Å². The number of amides is 1. The van der Waals surface area contributed by atoms with Gasteiger partial charge in [0.15, 0.2) is 0 Å². The normalized spacial score (nSPS) is 11.5. The second-order valence-corrected chi connectivity index (χ2v) is 8.51. The third-order valence-electron chi connectivity index (χ3n) is 4.60. The number of nitro groups is 1. The van der Waals surface area contributed by atoms with Crippen molar-refractivity contribution in [1.82, 2.24) is 15.0 Å².